The Labute approximate surface area is 152 Å². The first kappa shape index (κ1) is 18.7. The highest BCUT2D eigenvalue weighted by atomic mass is 79.9. The van der Waals surface area contributed by atoms with Gasteiger partial charge in [0, 0.05) is 22.2 Å². The van der Waals surface area contributed by atoms with E-state index in [-0.39, 0.29) is 20.1 Å². The third-order valence-electron chi connectivity index (χ3n) is 2.71. The van der Waals surface area contributed by atoms with Gasteiger partial charge in [-0.3, -0.25) is 20.2 Å². The van der Waals surface area contributed by atoms with Crippen LogP contribution in [0.4, 0.5) is 10.1 Å². The van der Waals surface area contributed by atoms with Crippen molar-refractivity contribution in [1.82, 2.24) is 5.32 Å². The van der Waals surface area contributed by atoms with Crippen LogP contribution >= 0.6 is 27.7 Å². The van der Waals surface area contributed by atoms with Crippen molar-refractivity contribution in [1.29, 1.82) is 0 Å². The summed E-state index contributed by atoms with van der Waals surface area (Å²) in [5.41, 5.74) is -0.460. The number of ether oxygens (including phenoxy) is 1. The van der Waals surface area contributed by atoms with Crippen molar-refractivity contribution in [2.45, 2.75) is 0 Å². The van der Waals surface area contributed by atoms with E-state index in [4.69, 9.17) is 0 Å². The Morgan fingerprint density at radius 3 is 2.88 bits per heavy atom. The van der Waals surface area contributed by atoms with Crippen LogP contribution in [-0.4, -0.2) is 35.3 Å². The molecule has 9 nitrogen and oxygen atoms in total. The van der Waals surface area contributed by atoms with Gasteiger partial charge < -0.3 is 4.74 Å². The molecule has 0 aliphatic carbocycles. The first-order chi connectivity index (χ1) is 11.8. The van der Waals surface area contributed by atoms with Crippen LogP contribution in [0.25, 0.3) is 0 Å². The van der Waals surface area contributed by atoms with Crippen LogP contribution in [0, 0.1) is 15.9 Å². The Hall–Kier alpha value is -2.60. The van der Waals surface area contributed by atoms with E-state index in [1.807, 2.05) is 0 Å². The average molecular weight is 431 g/mol. The Morgan fingerprint density at radius 1 is 1.52 bits per heavy atom. The molecule has 25 heavy (non-hydrogen) atoms. The van der Waals surface area contributed by atoms with Crippen LogP contribution in [0.3, 0.4) is 0 Å². The molecular formula is C13H8BrFN4O5S. The molecule has 12 heteroatoms. The molecular weight excluding hydrogens is 423 g/mol. The van der Waals surface area contributed by atoms with Crippen molar-refractivity contribution >= 4 is 56.6 Å². The molecule has 1 fully saturated rings. The summed E-state index contributed by atoms with van der Waals surface area (Å²) in [6.45, 7) is 0. The first-order valence-corrected chi connectivity index (χ1v) is 7.96. The number of nitrogens with zero attached hydrogens (tertiary/aromatic N) is 3. The SMILES string of the molecule is COC(=O)/C=C1/S/C(=N\N=Cc2cc(F)c([N+](=O)[O-])cc2Br)NC1=O. The molecule has 1 aromatic rings. The van der Waals surface area contributed by atoms with Crippen LogP contribution < -0.4 is 5.32 Å². The molecule has 0 spiro atoms. The molecule has 130 valence electrons. The van der Waals surface area contributed by atoms with Crippen molar-refractivity contribution in [3.8, 4) is 0 Å². The van der Waals surface area contributed by atoms with Crippen LogP contribution in [0.1, 0.15) is 5.56 Å². The molecule has 1 heterocycles. The molecule has 0 radical (unpaired) electrons. The number of benzene rings is 1. The van der Waals surface area contributed by atoms with Gasteiger partial charge >= 0.3 is 11.7 Å². The first-order valence-electron chi connectivity index (χ1n) is 6.35. The topological polar surface area (TPSA) is 123 Å². The van der Waals surface area contributed by atoms with Gasteiger partial charge in [0.2, 0.25) is 5.82 Å². The number of halogens is 2. The summed E-state index contributed by atoms with van der Waals surface area (Å²) >= 11 is 3.94. The maximum absolute atomic E-state index is 13.6. The van der Waals surface area contributed by atoms with Crippen LogP contribution in [0.2, 0.25) is 0 Å². The molecule has 1 saturated heterocycles. The lowest BCUT2D eigenvalue weighted by Gasteiger charge is -1.99. The molecule has 0 unspecified atom stereocenters. The molecule has 1 aliphatic heterocycles. The third-order valence-corrected chi connectivity index (χ3v) is 4.30. The van der Waals surface area contributed by atoms with E-state index in [0.717, 1.165) is 36.2 Å². The number of rotatable bonds is 4. The number of amidine groups is 1. The smallest absolute Gasteiger partial charge is 0.331 e. The van der Waals surface area contributed by atoms with E-state index in [0.29, 0.717) is 0 Å². The molecule has 0 atom stereocenters. The Morgan fingerprint density at radius 2 is 2.24 bits per heavy atom. The molecule has 1 amide bonds. The predicted molar refractivity (Wildman–Crippen MR) is 91.6 cm³/mol. The highest BCUT2D eigenvalue weighted by Crippen LogP contribution is 2.26. The van der Waals surface area contributed by atoms with E-state index in [9.17, 15) is 24.1 Å². The van der Waals surface area contributed by atoms with Crippen molar-refractivity contribution in [3.05, 3.63) is 49.1 Å². The van der Waals surface area contributed by atoms with Crippen molar-refractivity contribution in [2.24, 2.45) is 10.2 Å². The van der Waals surface area contributed by atoms with E-state index in [1.165, 1.54) is 7.11 Å². The van der Waals surface area contributed by atoms with Gasteiger partial charge in [0.05, 0.1) is 23.2 Å². The number of nitro benzene ring substituents is 1. The minimum absolute atomic E-state index is 0.0864. The fraction of sp³-hybridized carbons (Fsp3) is 0.0769. The summed E-state index contributed by atoms with van der Waals surface area (Å²) in [5, 5.41) is 20.5. The monoisotopic (exact) mass is 430 g/mol. The minimum Gasteiger partial charge on any atom is -0.466 e. The minimum atomic E-state index is -1.02. The molecule has 2 rings (SSSR count). The zero-order valence-electron chi connectivity index (χ0n) is 12.4. The molecule has 0 aromatic heterocycles. The number of carbonyl (C=O) groups excluding carboxylic acids is 2. The van der Waals surface area contributed by atoms with Gasteiger partial charge in [-0.1, -0.05) is 0 Å². The van der Waals surface area contributed by atoms with Crippen LogP contribution in [-0.2, 0) is 14.3 Å². The number of methoxy groups -OCH3 is 1. The number of nitrogens with one attached hydrogen (secondary N) is 1. The van der Waals surface area contributed by atoms with Gasteiger partial charge in [-0.15, -0.1) is 5.10 Å². The lowest BCUT2D eigenvalue weighted by molar-refractivity contribution is -0.387. The number of hydrogen-bond donors (Lipinski definition) is 1. The van der Waals surface area contributed by atoms with Crippen molar-refractivity contribution < 1.29 is 23.6 Å². The lowest BCUT2D eigenvalue weighted by Crippen LogP contribution is -2.19. The Kier molecular flexibility index (Phi) is 5.98. The normalized spacial score (nSPS) is 17.3. The van der Waals surface area contributed by atoms with Gasteiger partial charge in [0.1, 0.15) is 0 Å². The Balaban J connectivity index is 2.16. The summed E-state index contributed by atoms with van der Waals surface area (Å²) in [7, 11) is 1.18. The van der Waals surface area contributed by atoms with Crippen molar-refractivity contribution in [3.63, 3.8) is 0 Å². The summed E-state index contributed by atoms with van der Waals surface area (Å²) < 4.78 is 18.3. The van der Waals surface area contributed by atoms with E-state index in [1.54, 1.807) is 0 Å². The second-order valence-corrected chi connectivity index (χ2v) is 6.20. The van der Waals surface area contributed by atoms with Crippen molar-refractivity contribution in [2.75, 3.05) is 7.11 Å². The predicted octanol–water partition coefficient (Wildman–Crippen LogP) is 2.11. The molecule has 0 saturated carbocycles. The number of esters is 1. The van der Waals surface area contributed by atoms with Gasteiger partial charge in [0.25, 0.3) is 5.91 Å². The van der Waals surface area contributed by atoms with Gasteiger partial charge in [-0.2, -0.15) is 9.49 Å². The quantitative estimate of drug-likeness (QED) is 0.256. The molecule has 0 bridgehead atoms. The number of hydrogen-bond acceptors (Lipinski definition) is 8. The fourth-order valence-corrected chi connectivity index (χ4v) is 2.75. The van der Waals surface area contributed by atoms with Crippen LogP contribution in [0.15, 0.2) is 37.8 Å². The van der Waals surface area contributed by atoms with E-state index in [2.05, 4.69) is 36.2 Å². The zero-order valence-corrected chi connectivity index (χ0v) is 14.8. The molecule has 1 aliphatic rings. The number of thioether (sulfide) groups is 1. The molecule has 1 N–H and O–H groups in total. The maximum atomic E-state index is 13.6. The second-order valence-electron chi connectivity index (χ2n) is 4.32. The summed E-state index contributed by atoms with van der Waals surface area (Å²) in [6, 6.07) is 1.93. The summed E-state index contributed by atoms with van der Waals surface area (Å²) in [6.07, 6.45) is 2.16. The number of amides is 1. The van der Waals surface area contributed by atoms with E-state index < -0.39 is 28.3 Å². The third kappa shape index (κ3) is 4.70. The summed E-state index contributed by atoms with van der Waals surface area (Å²) in [4.78, 5) is 32.6. The standard InChI is InChI=1S/C13H8BrFN4O5S/c1-24-11(20)4-10-12(21)17-13(25-10)18-16-5-6-2-8(15)9(19(22)23)3-7(6)14/h2-5H,1H3,(H,17,18,21)/b10-4+,16-5?. The van der Waals surface area contributed by atoms with Crippen LogP contribution in [0.5, 0.6) is 0 Å². The average Bonchev–Trinajstić information content (AvgIpc) is 2.89. The molecule has 1 aromatic carbocycles. The highest BCUT2D eigenvalue weighted by Gasteiger charge is 2.25. The second kappa shape index (κ2) is 7.98. The highest BCUT2D eigenvalue weighted by molar-refractivity contribution is 9.10. The van der Waals surface area contributed by atoms with E-state index >= 15 is 0 Å². The number of nitro groups is 1. The van der Waals surface area contributed by atoms with Gasteiger partial charge in [-0.05, 0) is 33.8 Å². The van der Waals surface area contributed by atoms with Gasteiger partial charge in [0.15, 0.2) is 5.17 Å². The lowest BCUT2D eigenvalue weighted by atomic mass is 10.2. The number of carbonyl (C=O) groups is 2. The largest absolute Gasteiger partial charge is 0.466 e. The zero-order chi connectivity index (χ0) is 18.6. The maximum Gasteiger partial charge on any atom is 0.331 e. The Bertz CT molecular complexity index is 855. The van der Waals surface area contributed by atoms with Gasteiger partial charge in [-0.25, -0.2) is 4.79 Å². The summed E-state index contributed by atoms with van der Waals surface area (Å²) in [5.74, 6) is -2.24. The fourth-order valence-electron chi connectivity index (χ4n) is 1.58.